The molecule has 8 heteroatoms. The molecular weight excluding hydrogens is 506 g/mol. The summed E-state index contributed by atoms with van der Waals surface area (Å²) in [7, 11) is 0. The first kappa shape index (κ1) is 26.5. The molecule has 3 aromatic carbocycles. The highest BCUT2D eigenvalue weighted by Crippen LogP contribution is 2.63. The van der Waals surface area contributed by atoms with Gasteiger partial charge < -0.3 is 25.4 Å². The molecule has 3 fully saturated rings. The van der Waals surface area contributed by atoms with Gasteiger partial charge in [0.15, 0.2) is 0 Å². The van der Waals surface area contributed by atoms with Crippen LogP contribution in [0, 0.1) is 17.8 Å². The van der Waals surface area contributed by atoms with E-state index in [9.17, 15) is 19.5 Å². The zero-order valence-electron chi connectivity index (χ0n) is 23.0. The van der Waals surface area contributed by atoms with Gasteiger partial charge in [-0.15, -0.1) is 0 Å². The lowest BCUT2D eigenvalue weighted by Crippen LogP contribution is -2.57. The van der Waals surface area contributed by atoms with Crippen LogP contribution in [0.25, 0.3) is 10.8 Å². The second-order valence-corrected chi connectivity index (χ2v) is 11.9. The number of anilines is 2. The molecule has 0 radical (unpaired) electrons. The summed E-state index contributed by atoms with van der Waals surface area (Å²) in [5, 5.41) is 18.4. The Morgan fingerprint density at radius 3 is 2.33 bits per heavy atom. The average molecular weight is 542 g/mol. The number of carbonyl (C=O) groups is 3. The normalized spacial score (nSPS) is 29.6. The monoisotopic (exact) mass is 541 g/mol. The van der Waals surface area contributed by atoms with Crippen LogP contribution in [0.1, 0.15) is 33.6 Å². The van der Waals surface area contributed by atoms with Crippen LogP contribution in [0.5, 0.6) is 0 Å². The first-order valence-electron chi connectivity index (χ1n) is 14.0. The molecule has 40 heavy (non-hydrogen) atoms. The van der Waals surface area contributed by atoms with Gasteiger partial charge in [-0.3, -0.25) is 14.4 Å². The van der Waals surface area contributed by atoms with E-state index in [0.717, 1.165) is 10.8 Å². The number of likely N-dealkylation sites (tertiary alicyclic amines) is 1. The second-order valence-electron chi connectivity index (χ2n) is 11.9. The van der Waals surface area contributed by atoms with Crippen LogP contribution < -0.4 is 10.6 Å². The molecule has 3 N–H and O–H groups in total. The minimum atomic E-state index is -1.17. The lowest BCUT2D eigenvalue weighted by atomic mass is 9.66. The van der Waals surface area contributed by atoms with Crippen molar-refractivity contribution in [2.75, 3.05) is 17.2 Å². The molecule has 3 aliphatic heterocycles. The Hall–Kier alpha value is -3.75. The second kappa shape index (κ2) is 9.71. The number of aliphatic hydroxyl groups is 1. The van der Waals surface area contributed by atoms with E-state index < -0.39 is 35.1 Å². The maximum atomic E-state index is 14.3. The highest BCUT2D eigenvalue weighted by atomic mass is 16.5. The molecule has 6 atom stereocenters. The largest absolute Gasteiger partial charge is 0.394 e. The molecule has 0 aromatic heterocycles. The number of ether oxygens (including phenoxy) is 1. The molecule has 2 unspecified atom stereocenters. The van der Waals surface area contributed by atoms with E-state index in [1.807, 2.05) is 81.4 Å². The van der Waals surface area contributed by atoms with Crippen molar-refractivity contribution in [3.63, 3.8) is 0 Å². The molecule has 0 aliphatic carbocycles. The number of nitrogens with one attached hydrogen (secondary N) is 2. The van der Waals surface area contributed by atoms with Gasteiger partial charge in [-0.05, 0) is 60.7 Å². The summed E-state index contributed by atoms with van der Waals surface area (Å²) >= 11 is 0. The van der Waals surface area contributed by atoms with Crippen molar-refractivity contribution in [1.82, 2.24) is 4.90 Å². The predicted molar refractivity (Wildman–Crippen MR) is 152 cm³/mol. The van der Waals surface area contributed by atoms with Gasteiger partial charge in [0, 0.05) is 11.4 Å². The van der Waals surface area contributed by atoms with E-state index in [-0.39, 0.29) is 30.2 Å². The number of aliphatic hydroxyl groups excluding tert-OH is 1. The molecule has 3 aliphatic rings. The van der Waals surface area contributed by atoms with Gasteiger partial charge in [0.25, 0.3) is 0 Å². The number of amides is 3. The van der Waals surface area contributed by atoms with Crippen LogP contribution in [0.3, 0.4) is 0 Å². The quantitative estimate of drug-likeness (QED) is 0.416. The summed E-state index contributed by atoms with van der Waals surface area (Å²) in [5.74, 6) is -2.73. The number of hydrogen-bond donors (Lipinski definition) is 3. The lowest BCUT2D eigenvalue weighted by molar-refractivity contribution is -0.148. The molecule has 0 saturated carbocycles. The van der Waals surface area contributed by atoms with Crippen molar-refractivity contribution in [3.05, 3.63) is 72.8 Å². The molecule has 3 heterocycles. The summed E-state index contributed by atoms with van der Waals surface area (Å²) in [6.45, 7) is 5.40. The highest BCUT2D eigenvalue weighted by Gasteiger charge is 2.78. The SMILES string of the molecule is CC(C)[C@H](CO)N1C(=O)[C@@H]2[C@H](C(=O)Nc3ccccc3)[C@]3(C)CCC2(O3)C1C(=O)Nc1ccc2ccccc2c1. The molecule has 1 spiro atoms. The molecule has 8 nitrogen and oxygen atoms in total. The van der Waals surface area contributed by atoms with E-state index in [2.05, 4.69) is 10.6 Å². The fourth-order valence-corrected chi connectivity index (χ4v) is 7.26. The lowest BCUT2D eigenvalue weighted by Gasteiger charge is -2.38. The molecule has 6 rings (SSSR count). The van der Waals surface area contributed by atoms with E-state index >= 15 is 0 Å². The van der Waals surface area contributed by atoms with Crippen molar-refractivity contribution in [2.45, 2.75) is 56.9 Å². The highest BCUT2D eigenvalue weighted by molar-refractivity contribution is 6.06. The fraction of sp³-hybridized carbons (Fsp3) is 0.406. The summed E-state index contributed by atoms with van der Waals surface area (Å²) in [5.41, 5.74) is -0.818. The van der Waals surface area contributed by atoms with Gasteiger partial charge in [-0.2, -0.15) is 0 Å². The van der Waals surface area contributed by atoms with Crippen molar-refractivity contribution in [3.8, 4) is 0 Å². The molecule has 3 amide bonds. The van der Waals surface area contributed by atoms with E-state index in [4.69, 9.17) is 4.74 Å². The number of fused-ring (bicyclic) bond motifs is 2. The number of hydrogen-bond acceptors (Lipinski definition) is 5. The number of benzene rings is 3. The van der Waals surface area contributed by atoms with Gasteiger partial charge in [0.1, 0.15) is 11.6 Å². The van der Waals surface area contributed by atoms with Gasteiger partial charge in [0.2, 0.25) is 17.7 Å². The van der Waals surface area contributed by atoms with Crippen LogP contribution in [0.15, 0.2) is 72.8 Å². The van der Waals surface area contributed by atoms with Crippen LogP contribution in [0.4, 0.5) is 11.4 Å². The number of nitrogens with zero attached hydrogens (tertiary/aromatic N) is 1. The van der Waals surface area contributed by atoms with E-state index in [0.29, 0.717) is 24.2 Å². The maximum Gasteiger partial charge on any atom is 0.250 e. The van der Waals surface area contributed by atoms with Crippen LogP contribution in [0.2, 0.25) is 0 Å². The topological polar surface area (TPSA) is 108 Å². The Labute approximate surface area is 233 Å². The van der Waals surface area contributed by atoms with E-state index in [1.165, 1.54) is 4.90 Å². The van der Waals surface area contributed by atoms with E-state index in [1.54, 1.807) is 12.1 Å². The Bertz CT molecular complexity index is 1480. The number of para-hydroxylation sites is 1. The summed E-state index contributed by atoms with van der Waals surface area (Å²) in [6, 6.07) is 21.1. The third-order valence-electron chi connectivity index (χ3n) is 9.12. The van der Waals surface area contributed by atoms with Gasteiger partial charge in [0.05, 0.1) is 30.1 Å². The van der Waals surface area contributed by atoms with Gasteiger partial charge in [-0.25, -0.2) is 0 Å². The minimum Gasteiger partial charge on any atom is -0.394 e. The Balaban J connectivity index is 1.39. The smallest absolute Gasteiger partial charge is 0.250 e. The van der Waals surface area contributed by atoms with Crippen molar-refractivity contribution >= 4 is 39.9 Å². The first-order valence-corrected chi connectivity index (χ1v) is 14.0. The van der Waals surface area contributed by atoms with Crippen molar-refractivity contribution in [1.29, 1.82) is 0 Å². The number of rotatable bonds is 7. The third kappa shape index (κ3) is 4.00. The zero-order chi connectivity index (χ0) is 28.2. The Morgan fingerprint density at radius 2 is 1.62 bits per heavy atom. The average Bonchev–Trinajstić information content (AvgIpc) is 3.50. The summed E-state index contributed by atoms with van der Waals surface area (Å²) in [6.07, 6.45) is 1.01. The van der Waals surface area contributed by atoms with Gasteiger partial charge >= 0.3 is 0 Å². The molecule has 3 aromatic rings. The van der Waals surface area contributed by atoms with Crippen LogP contribution >= 0.6 is 0 Å². The standard InChI is InChI=1S/C32H35N3O5/c1-19(2)24(18-36)35-27(29(38)34-23-14-13-20-9-7-8-10-21(20)17-23)32-16-15-31(3,40-32)25(26(32)30(35)39)28(37)33-22-11-5-4-6-12-22/h4-14,17,19,24-27,36H,15-16,18H2,1-3H3,(H,33,37)(H,34,38)/t24-,25+,26-,27?,31-,32?/m0/s1. The molecular formula is C32H35N3O5. The zero-order valence-corrected chi connectivity index (χ0v) is 23.0. The van der Waals surface area contributed by atoms with Gasteiger partial charge in [-0.1, -0.05) is 62.4 Å². The van der Waals surface area contributed by atoms with Crippen LogP contribution in [-0.2, 0) is 19.1 Å². The van der Waals surface area contributed by atoms with Crippen LogP contribution in [-0.4, -0.2) is 57.6 Å². The first-order chi connectivity index (χ1) is 19.2. The third-order valence-corrected chi connectivity index (χ3v) is 9.12. The Kier molecular flexibility index (Phi) is 6.43. The summed E-state index contributed by atoms with van der Waals surface area (Å²) in [4.78, 5) is 43.8. The maximum absolute atomic E-state index is 14.3. The molecule has 208 valence electrons. The predicted octanol–water partition coefficient (Wildman–Crippen LogP) is 4.20. The minimum absolute atomic E-state index is 0.121. The van der Waals surface area contributed by atoms with Crippen molar-refractivity contribution < 1.29 is 24.2 Å². The molecule has 3 saturated heterocycles. The summed E-state index contributed by atoms with van der Waals surface area (Å²) < 4.78 is 6.69. The number of carbonyl (C=O) groups excluding carboxylic acids is 3. The molecule has 2 bridgehead atoms. The Morgan fingerprint density at radius 1 is 0.950 bits per heavy atom. The fourth-order valence-electron chi connectivity index (χ4n) is 7.26. The van der Waals surface area contributed by atoms with Crippen molar-refractivity contribution in [2.24, 2.45) is 17.8 Å².